The van der Waals surface area contributed by atoms with Crippen LogP contribution in [0.15, 0.2) is 6.20 Å². The Bertz CT molecular complexity index is 628. The number of anilines is 1. The van der Waals surface area contributed by atoms with E-state index in [1.54, 1.807) is 15.6 Å². The third kappa shape index (κ3) is 2.63. The van der Waals surface area contributed by atoms with Crippen LogP contribution in [-0.2, 0) is 18.4 Å². The first kappa shape index (κ1) is 13.6. The normalized spacial score (nSPS) is 10.8. The van der Waals surface area contributed by atoms with Crippen molar-refractivity contribution in [2.24, 2.45) is 7.05 Å². The number of hydrogen-bond acceptors (Lipinski definition) is 3. The smallest absolute Gasteiger partial charge is 0.246 e. The fourth-order valence-corrected chi connectivity index (χ4v) is 1.91. The number of nitrogens with one attached hydrogen (secondary N) is 1. The fraction of sp³-hybridized carbons (Fsp3) is 0.417. The number of aryl methyl sites for hydroxylation is 2. The lowest BCUT2D eigenvalue weighted by Gasteiger charge is -2.06. The van der Waals surface area contributed by atoms with Crippen LogP contribution < -0.4 is 5.32 Å². The molecule has 2 rings (SSSR count). The van der Waals surface area contributed by atoms with Gasteiger partial charge in [-0.3, -0.25) is 14.2 Å². The summed E-state index contributed by atoms with van der Waals surface area (Å²) in [4.78, 5) is 12.0. The van der Waals surface area contributed by atoms with E-state index in [1.807, 2.05) is 27.8 Å². The molecule has 0 aliphatic rings. The first-order valence-corrected chi connectivity index (χ1v) is 6.26. The highest BCUT2D eigenvalue weighted by Crippen LogP contribution is 2.19. The number of halogens is 1. The Balaban J connectivity index is 2.09. The van der Waals surface area contributed by atoms with Gasteiger partial charge in [0.05, 0.1) is 34.0 Å². The second kappa shape index (κ2) is 5.05. The van der Waals surface area contributed by atoms with E-state index in [2.05, 4.69) is 15.5 Å². The second-order valence-corrected chi connectivity index (χ2v) is 4.84. The molecule has 102 valence electrons. The maximum absolute atomic E-state index is 12.0. The van der Waals surface area contributed by atoms with Crippen LogP contribution in [0, 0.1) is 20.8 Å². The van der Waals surface area contributed by atoms with Gasteiger partial charge < -0.3 is 5.32 Å². The van der Waals surface area contributed by atoms with Gasteiger partial charge in [0.15, 0.2) is 0 Å². The Morgan fingerprint density at radius 1 is 1.37 bits per heavy atom. The summed E-state index contributed by atoms with van der Waals surface area (Å²) in [6, 6.07) is 0. The standard InChI is InChI=1S/C12H16ClN5O/c1-7-12(13)9(3)18(16-7)6-11(19)15-10-5-14-17(4)8(10)2/h5H,6H2,1-4H3,(H,15,19). The molecule has 19 heavy (non-hydrogen) atoms. The molecule has 0 atom stereocenters. The van der Waals surface area contributed by atoms with Gasteiger partial charge in [-0.2, -0.15) is 10.2 Å². The third-order valence-electron chi connectivity index (χ3n) is 3.10. The highest BCUT2D eigenvalue weighted by Gasteiger charge is 2.13. The summed E-state index contributed by atoms with van der Waals surface area (Å²) >= 11 is 6.04. The van der Waals surface area contributed by atoms with Crippen LogP contribution in [0.4, 0.5) is 5.69 Å². The topological polar surface area (TPSA) is 64.7 Å². The predicted octanol–water partition coefficient (Wildman–Crippen LogP) is 1.83. The molecule has 6 nitrogen and oxygen atoms in total. The molecule has 0 spiro atoms. The van der Waals surface area contributed by atoms with Gasteiger partial charge >= 0.3 is 0 Å². The summed E-state index contributed by atoms with van der Waals surface area (Å²) in [5, 5.41) is 11.7. The average molecular weight is 282 g/mol. The van der Waals surface area contributed by atoms with Crippen molar-refractivity contribution in [3.63, 3.8) is 0 Å². The van der Waals surface area contributed by atoms with Gasteiger partial charge in [0.2, 0.25) is 5.91 Å². The summed E-state index contributed by atoms with van der Waals surface area (Å²) in [5.74, 6) is -0.154. The minimum atomic E-state index is -0.154. The van der Waals surface area contributed by atoms with Crippen LogP contribution in [0.5, 0.6) is 0 Å². The van der Waals surface area contributed by atoms with Gasteiger partial charge in [-0.15, -0.1) is 0 Å². The molecule has 0 aliphatic carbocycles. The summed E-state index contributed by atoms with van der Waals surface area (Å²) in [7, 11) is 1.83. The SMILES string of the molecule is Cc1nn(CC(=O)Nc2cnn(C)c2C)c(C)c1Cl. The first-order valence-electron chi connectivity index (χ1n) is 5.88. The van der Waals surface area contributed by atoms with Gasteiger partial charge in [0, 0.05) is 7.05 Å². The van der Waals surface area contributed by atoms with Crippen LogP contribution in [-0.4, -0.2) is 25.5 Å². The number of aromatic nitrogens is 4. The molecule has 2 aromatic rings. The Kier molecular flexibility index (Phi) is 3.61. The largest absolute Gasteiger partial charge is 0.322 e. The van der Waals surface area contributed by atoms with E-state index in [-0.39, 0.29) is 12.5 Å². The molecule has 0 aliphatic heterocycles. The van der Waals surface area contributed by atoms with Crippen molar-refractivity contribution in [1.82, 2.24) is 19.6 Å². The van der Waals surface area contributed by atoms with E-state index >= 15 is 0 Å². The van der Waals surface area contributed by atoms with Gasteiger partial charge in [0.1, 0.15) is 6.54 Å². The quantitative estimate of drug-likeness (QED) is 0.933. The number of carbonyl (C=O) groups is 1. The van der Waals surface area contributed by atoms with Gasteiger partial charge in [-0.05, 0) is 20.8 Å². The van der Waals surface area contributed by atoms with E-state index in [1.165, 1.54) is 0 Å². The summed E-state index contributed by atoms with van der Waals surface area (Å²) in [6.45, 7) is 5.68. The van der Waals surface area contributed by atoms with Crippen molar-refractivity contribution in [1.29, 1.82) is 0 Å². The van der Waals surface area contributed by atoms with Gasteiger partial charge in [0.25, 0.3) is 0 Å². The molecular formula is C12H16ClN5O. The molecule has 1 amide bonds. The molecule has 0 unspecified atom stereocenters. The zero-order valence-electron chi connectivity index (χ0n) is 11.4. The number of amides is 1. The number of rotatable bonds is 3. The van der Waals surface area contributed by atoms with Crippen LogP contribution in [0.25, 0.3) is 0 Å². The van der Waals surface area contributed by atoms with Crippen molar-refractivity contribution in [2.75, 3.05) is 5.32 Å². The lowest BCUT2D eigenvalue weighted by atomic mass is 10.4. The summed E-state index contributed by atoms with van der Waals surface area (Å²) in [5.41, 5.74) is 3.13. The highest BCUT2D eigenvalue weighted by molar-refractivity contribution is 6.31. The maximum Gasteiger partial charge on any atom is 0.246 e. The van der Waals surface area contributed by atoms with Crippen LogP contribution in [0.3, 0.4) is 0 Å². The number of hydrogen-bond donors (Lipinski definition) is 1. The molecular weight excluding hydrogens is 266 g/mol. The van der Waals surface area contributed by atoms with Crippen LogP contribution in [0.1, 0.15) is 17.1 Å². The molecule has 1 N–H and O–H groups in total. The van der Waals surface area contributed by atoms with E-state index < -0.39 is 0 Å². The molecule has 2 aromatic heterocycles. The molecule has 0 fully saturated rings. The first-order chi connectivity index (χ1) is 8.90. The van der Waals surface area contributed by atoms with Crippen molar-refractivity contribution in [3.05, 3.63) is 28.3 Å². The molecule has 0 bridgehead atoms. The summed E-state index contributed by atoms with van der Waals surface area (Å²) < 4.78 is 3.30. The van der Waals surface area contributed by atoms with Crippen LogP contribution in [0.2, 0.25) is 5.02 Å². The Hall–Kier alpha value is -1.82. The minimum absolute atomic E-state index is 0.133. The zero-order valence-corrected chi connectivity index (χ0v) is 12.1. The fourth-order valence-electron chi connectivity index (χ4n) is 1.78. The Morgan fingerprint density at radius 3 is 2.53 bits per heavy atom. The van der Waals surface area contributed by atoms with Crippen molar-refractivity contribution < 1.29 is 4.79 Å². The molecule has 2 heterocycles. The van der Waals surface area contributed by atoms with E-state index in [0.717, 1.165) is 17.1 Å². The van der Waals surface area contributed by atoms with Crippen molar-refractivity contribution in [2.45, 2.75) is 27.3 Å². The minimum Gasteiger partial charge on any atom is -0.322 e. The second-order valence-electron chi connectivity index (χ2n) is 4.46. The zero-order chi connectivity index (χ0) is 14.2. The van der Waals surface area contributed by atoms with E-state index in [0.29, 0.717) is 10.7 Å². The average Bonchev–Trinajstić information content (AvgIpc) is 2.78. The van der Waals surface area contributed by atoms with Crippen LogP contribution >= 0.6 is 11.6 Å². The third-order valence-corrected chi connectivity index (χ3v) is 3.64. The molecule has 0 saturated heterocycles. The molecule has 0 aromatic carbocycles. The highest BCUT2D eigenvalue weighted by atomic mass is 35.5. The van der Waals surface area contributed by atoms with E-state index in [9.17, 15) is 4.79 Å². The molecule has 7 heteroatoms. The van der Waals surface area contributed by atoms with Crippen molar-refractivity contribution >= 4 is 23.2 Å². The molecule has 0 radical (unpaired) electrons. The lowest BCUT2D eigenvalue weighted by molar-refractivity contribution is -0.116. The summed E-state index contributed by atoms with van der Waals surface area (Å²) in [6.07, 6.45) is 1.63. The number of carbonyl (C=O) groups excluding carboxylic acids is 1. The maximum atomic E-state index is 12.0. The molecule has 0 saturated carbocycles. The number of nitrogens with zero attached hydrogens (tertiary/aromatic N) is 4. The lowest BCUT2D eigenvalue weighted by Crippen LogP contribution is -2.20. The van der Waals surface area contributed by atoms with Crippen molar-refractivity contribution in [3.8, 4) is 0 Å². The Labute approximate surface area is 116 Å². The predicted molar refractivity (Wildman–Crippen MR) is 73.3 cm³/mol. The monoisotopic (exact) mass is 281 g/mol. The van der Waals surface area contributed by atoms with Gasteiger partial charge in [-0.1, -0.05) is 11.6 Å². The van der Waals surface area contributed by atoms with Gasteiger partial charge in [-0.25, -0.2) is 0 Å². The Morgan fingerprint density at radius 2 is 2.05 bits per heavy atom. The van der Waals surface area contributed by atoms with E-state index in [4.69, 9.17) is 11.6 Å².